The van der Waals surface area contributed by atoms with Crippen LogP contribution in [0.4, 0.5) is 4.39 Å². The molecule has 1 aromatic carbocycles. The van der Waals surface area contributed by atoms with Crippen LogP contribution in [0.5, 0.6) is 5.75 Å². The van der Waals surface area contributed by atoms with Crippen LogP contribution in [-0.4, -0.2) is 20.2 Å². The van der Waals surface area contributed by atoms with E-state index >= 15 is 0 Å². The zero-order valence-electron chi connectivity index (χ0n) is 11.1. The Morgan fingerprint density at radius 1 is 1.29 bits per heavy atom. The van der Waals surface area contributed by atoms with Gasteiger partial charge in [-0.25, -0.2) is 4.39 Å². The van der Waals surface area contributed by atoms with Crippen molar-refractivity contribution in [1.29, 1.82) is 0 Å². The molecule has 0 bridgehead atoms. The number of rotatable bonds is 5. The topological polar surface area (TPSA) is 21.3 Å². The minimum absolute atomic E-state index is 0.211. The number of hydrogen-bond donors (Lipinski definition) is 1. The number of ether oxygens (including phenoxy) is 1. The first-order valence-corrected chi connectivity index (χ1v) is 5.95. The van der Waals surface area contributed by atoms with E-state index in [-0.39, 0.29) is 11.2 Å². The van der Waals surface area contributed by atoms with Crippen molar-refractivity contribution in [1.82, 2.24) is 5.32 Å². The Labute approximate surface area is 103 Å². The SMILES string of the molecule is COc1ccc(F)cc1CCNCC(C)(C)C. The van der Waals surface area contributed by atoms with Gasteiger partial charge in [-0.2, -0.15) is 0 Å². The van der Waals surface area contributed by atoms with Crippen molar-refractivity contribution in [3.63, 3.8) is 0 Å². The van der Waals surface area contributed by atoms with Gasteiger partial charge in [-0.15, -0.1) is 0 Å². The molecule has 0 aromatic heterocycles. The van der Waals surface area contributed by atoms with Crippen molar-refractivity contribution in [2.75, 3.05) is 20.2 Å². The highest BCUT2D eigenvalue weighted by molar-refractivity contribution is 5.34. The first-order chi connectivity index (χ1) is 7.92. The third-order valence-corrected chi connectivity index (χ3v) is 2.47. The average Bonchev–Trinajstić information content (AvgIpc) is 2.23. The summed E-state index contributed by atoms with van der Waals surface area (Å²) in [5.74, 6) is 0.542. The van der Waals surface area contributed by atoms with Crippen molar-refractivity contribution >= 4 is 0 Å². The van der Waals surface area contributed by atoms with Crippen LogP contribution in [0.25, 0.3) is 0 Å². The lowest BCUT2D eigenvalue weighted by molar-refractivity contribution is 0.379. The number of halogens is 1. The van der Waals surface area contributed by atoms with Crippen LogP contribution >= 0.6 is 0 Å². The molecule has 0 radical (unpaired) electrons. The van der Waals surface area contributed by atoms with Crippen molar-refractivity contribution in [3.8, 4) is 5.75 Å². The molecule has 3 heteroatoms. The van der Waals surface area contributed by atoms with Gasteiger partial charge in [0.15, 0.2) is 0 Å². The fourth-order valence-corrected chi connectivity index (χ4v) is 1.63. The standard InChI is InChI=1S/C14H22FNO/c1-14(2,3)10-16-8-7-11-9-12(15)5-6-13(11)17-4/h5-6,9,16H,7-8,10H2,1-4H3. The predicted molar refractivity (Wildman–Crippen MR) is 69.0 cm³/mol. The maximum atomic E-state index is 13.1. The molecular weight excluding hydrogens is 217 g/mol. The van der Waals surface area contributed by atoms with Gasteiger partial charge in [-0.05, 0) is 42.1 Å². The molecule has 1 aromatic rings. The second-order valence-electron chi connectivity index (χ2n) is 5.44. The van der Waals surface area contributed by atoms with Crippen LogP contribution in [0.3, 0.4) is 0 Å². The Balaban J connectivity index is 2.48. The summed E-state index contributed by atoms with van der Waals surface area (Å²) in [6, 6.07) is 4.64. The van der Waals surface area contributed by atoms with E-state index in [0.29, 0.717) is 0 Å². The van der Waals surface area contributed by atoms with Crippen LogP contribution < -0.4 is 10.1 Å². The van der Waals surface area contributed by atoms with E-state index in [0.717, 1.165) is 30.8 Å². The van der Waals surface area contributed by atoms with Crippen LogP contribution in [0.1, 0.15) is 26.3 Å². The first kappa shape index (κ1) is 14.0. The highest BCUT2D eigenvalue weighted by Crippen LogP contribution is 2.19. The van der Waals surface area contributed by atoms with Crippen molar-refractivity contribution in [2.24, 2.45) is 5.41 Å². The molecule has 0 saturated carbocycles. The van der Waals surface area contributed by atoms with Gasteiger partial charge in [0.2, 0.25) is 0 Å². The average molecular weight is 239 g/mol. The summed E-state index contributed by atoms with van der Waals surface area (Å²) in [6.45, 7) is 8.33. The normalized spacial score (nSPS) is 11.6. The highest BCUT2D eigenvalue weighted by Gasteiger charge is 2.09. The lowest BCUT2D eigenvalue weighted by atomic mass is 9.97. The summed E-state index contributed by atoms with van der Waals surface area (Å²) in [4.78, 5) is 0. The monoisotopic (exact) mass is 239 g/mol. The summed E-state index contributed by atoms with van der Waals surface area (Å²) >= 11 is 0. The fourth-order valence-electron chi connectivity index (χ4n) is 1.63. The largest absolute Gasteiger partial charge is 0.496 e. The van der Waals surface area contributed by atoms with Crippen LogP contribution in [0.2, 0.25) is 0 Å². The molecule has 0 heterocycles. The van der Waals surface area contributed by atoms with E-state index in [2.05, 4.69) is 26.1 Å². The van der Waals surface area contributed by atoms with Gasteiger partial charge < -0.3 is 10.1 Å². The molecule has 2 nitrogen and oxygen atoms in total. The van der Waals surface area contributed by atoms with E-state index in [9.17, 15) is 4.39 Å². The van der Waals surface area contributed by atoms with Crippen molar-refractivity contribution in [3.05, 3.63) is 29.6 Å². The summed E-state index contributed by atoms with van der Waals surface area (Å²) in [7, 11) is 1.61. The molecule has 0 unspecified atom stereocenters. The maximum absolute atomic E-state index is 13.1. The molecule has 0 aliphatic carbocycles. The minimum Gasteiger partial charge on any atom is -0.496 e. The molecule has 0 aliphatic rings. The Hall–Kier alpha value is -1.09. The molecule has 96 valence electrons. The van der Waals surface area contributed by atoms with Gasteiger partial charge in [0.1, 0.15) is 11.6 Å². The van der Waals surface area contributed by atoms with Gasteiger partial charge >= 0.3 is 0 Å². The number of nitrogens with one attached hydrogen (secondary N) is 1. The first-order valence-electron chi connectivity index (χ1n) is 5.95. The van der Waals surface area contributed by atoms with E-state index in [1.807, 2.05) is 0 Å². The van der Waals surface area contributed by atoms with Crippen LogP contribution in [0.15, 0.2) is 18.2 Å². The quantitative estimate of drug-likeness (QED) is 0.797. The molecule has 0 fully saturated rings. The fraction of sp³-hybridized carbons (Fsp3) is 0.571. The molecular formula is C14H22FNO. The Morgan fingerprint density at radius 2 is 2.00 bits per heavy atom. The smallest absolute Gasteiger partial charge is 0.123 e. The molecule has 0 amide bonds. The predicted octanol–water partition coefficient (Wildman–Crippen LogP) is 3.01. The maximum Gasteiger partial charge on any atom is 0.123 e. The Morgan fingerprint density at radius 3 is 2.59 bits per heavy atom. The Bertz CT molecular complexity index is 358. The third-order valence-electron chi connectivity index (χ3n) is 2.47. The number of hydrogen-bond acceptors (Lipinski definition) is 2. The lowest BCUT2D eigenvalue weighted by Gasteiger charge is -2.19. The highest BCUT2D eigenvalue weighted by atomic mass is 19.1. The van der Waals surface area contributed by atoms with E-state index in [4.69, 9.17) is 4.74 Å². The molecule has 17 heavy (non-hydrogen) atoms. The van der Waals surface area contributed by atoms with Crippen molar-refractivity contribution in [2.45, 2.75) is 27.2 Å². The number of benzene rings is 1. The molecule has 0 atom stereocenters. The summed E-state index contributed by atoms with van der Waals surface area (Å²) < 4.78 is 18.3. The second kappa shape index (κ2) is 6.01. The molecule has 0 saturated heterocycles. The van der Waals surface area contributed by atoms with Gasteiger partial charge in [0.25, 0.3) is 0 Å². The molecule has 1 N–H and O–H groups in total. The van der Waals surface area contributed by atoms with Crippen molar-refractivity contribution < 1.29 is 9.13 Å². The van der Waals surface area contributed by atoms with E-state index < -0.39 is 0 Å². The number of methoxy groups -OCH3 is 1. The summed E-state index contributed by atoms with van der Waals surface area (Å²) in [5, 5.41) is 3.37. The summed E-state index contributed by atoms with van der Waals surface area (Å²) in [5.41, 5.74) is 1.18. The second-order valence-corrected chi connectivity index (χ2v) is 5.44. The molecule has 1 rings (SSSR count). The van der Waals surface area contributed by atoms with Gasteiger partial charge in [-0.1, -0.05) is 20.8 Å². The van der Waals surface area contributed by atoms with Gasteiger partial charge in [0, 0.05) is 6.54 Å². The lowest BCUT2D eigenvalue weighted by Crippen LogP contribution is -2.28. The third kappa shape index (κ3) is 5.18. The van der Waals surface area contributed by atoms with E-state index in [1.54, 1.807) is 13.2 Å². The van der Waals surface area contributed by atoms with Crippen LogP contribution in [0, 0.1) is 11.2 Å². The van der Waals surface area contributed by atoms with Gasteiger partial charge in [-0.3, -0.25) is 0 Å². The zero-order chi connectivity index (χ0) is 12.9. The zero-order valence-corrected chi connectivity index (χ0v) is 11.1. The minimum atomic E-state index is -0.211. The Kier molecular flexibility index (Phi) is 4.94. The molecule has 0 spiro atoms. The summed E-state index contributed by atoms with van der Waals surface area (Å²) in [6.07, 6.45) is 0.775. The molecule has 0 aliphatic heterocycles. The van der Waals surface area contributed by atoms with E-state index in [1.165, 1.54) is 12.1 Å². The van der Waals surface area contributed by atoms with Gasteiger partial charge in [0.05, 0.1) is 7.11 Å². The van der Waals surface area contributed by atoms with Crippen LogP contribution in [-0.2, 0) is 6.42 Å².